The van der Waals surface area contributed by atoms with Gasteiger partial charge in [0, 0.05) is 29.0 Å². The highest BCUT2D eigenvalue weighted by atomic mass is 32.2. The number of phenolic OH excluding ortho intramolecular Hbond substituents is 1. The molecule has 4 aromatic carbocycles. The highest BCUT2D eigenvalue weighted by Crippen LogP contribution is 2.33. The fraction of sp³-hybridized carbons (Fsp3) is 0.0690. The Kier molecular flexibility index (Phi) is 6.08. The molecule has 36 heavy (non-hydrogen) atoms. The quantitative estimate of drug-likeness (QED) is 0.248. The zero-order valence-electron chi connectivity index (χ0n) is 19.8. The van der Waals surface area contributed by atoms with Crippen molar-refractivity contribution >= 4 is 43.9 Å². The van der Waals surface area contributed by atoms with E-state index in [9.17, 15) is 13.5 Å². The van der Waals surface area contributed by atoms with Gasteiger partial charge in [-0.2, -0.15) is 13.0 Å². The van der Waals surface area contributed by atoms with Gasteiger partial charge < -0.3 is 14.0 Å². The molecule has 0 fully saturated rings. The molecule has 5 rings (SSSR count). The Bertz CT molecular complexity index is 1740. The van der Waals surface area contributed by atoms with Crippen LogP contribution >= 0.6 is 0 Å². The lowest BCUT2D eigenvalue weighted by Crippen LogP contribution is -2.32. The first-order valence-corrected chi connectivity index (χ1v) is 12.7. The Balaban J connectivity index is 1.44. The molecule has 180 valence electrons. The summed E-state index contributed by atoms with van der Waals surface area (Å²) in [7, 11) is -0.685. The molecule has 0 saturated carbocycles. The molecule has 1 aromatic heterocycles. The van der Waals surface area contributed by atoms with Crippen LogP contribution in [0.2, 0.25) is 0 Å². The maximum absolute atomic E-state index is 13.2. The largest absolute Gasteiger partial charge is 0.508 e. The summed E-state index contributed by atoms with van der Waals surface area (Å²) in [5, 5.41) is 11.9. The Morgan fingerprint density at radius 3 is 2.44 bits per heavy atom. The molecular weight excluding hydrogens is 474 g/mol. The first-order chi connectivity index (χ1) is 17.4. The van der Waals surface area contributed by atoms with Gasteiger partial charge in [-0.25, -0.2) is 0 Å². The van der Waals surface area contributed by atoms with E-state index in [1.165, 1.54) is 25.3 Å². The van der Waals surface area contributed by atoms with Crippen LogP contribution in [-0.4, -0.2) is 20.6 Å². The van der Waals surface area contributed by atoms with E-state index < -0.39 is 10.1 Å². The van der Waals surface area contributed by atoms with Gasteiger partial charge in [0.05, 0.1) is 7.11 Å². The fourth-order valence-electron chi connectivity index (χ4n) is 4.19. The average Bonchev–Trinajstić information content (AvgIpc) is 2.88. The van der Waals surface area contributed by atoms with Gasteiger partial charge in [0.2, 0.25) is 11.2 Å². The van der Waals surface area contributed by atoms with E-state index in [0.29, 0.717) is 16.5 Å². The third-order valence-electron chi connectivity index (χ3n) is 6.05. The Morgan fingerprint density at radius 1 is 0.806 bits per heavy atom. The minimum absolute atomic E-state index is 0.00910. The number of nitrogens with zero attached hydrogens (tertiary/aromatic N) is 1. The number of benzene rings is 4. The molecule has 1 N–H and O–H groups in total. The predicted octanol–water partition coefficient (Wildman–Crippen LogP) is 5.47. The molecule has 0 aliphatic carbocycles. The number of hydrogen-bond donors (Lipinski definition) is 1. The van der Waals surface area contributed by atoms with Crippen molar-refractivity contribution in [2.75, 3.05) is 7.11 Å². The smallest absolute Gasteiger partial charge is 0.339 e. The van der Waals surface area contributed by atoms with Crippen LogP contribution in [0.4, 0.5) is 0 Å². The molecule has 0 saturated heterocycles. The summed E-state index contributed by atoms with van der Waals surface area (Å²) < 4.78 is 39.3. The lowest BCUT2D eigenvalue weighted by molar-refractivity contribution is -0.646. The first kappa shape index (κ1) is 23.4. The maximum Gasteiger partial charge on any atom is 0.339 e. The second kappa shape index (κ2) is 9.36. The van der Waals surface area contributed by atoms with Crippen molar-refractivity contribution in [3.8, 4) is 17.2 Å². The second-order valence-corrected chi connectivity index (χ2v) is 9.83. The number of ether oxygens (including phenoxy) is 1. The van der Waals surface area contributed by atoms with Crippen LogP contribution in [0.1, 0.15) is 11.3 Å². The molecule has 0 amide bonds. The van der Waals surface area contributed by atoms with Crippen molar-refractivity contribution in [1.82, 2.24) is 0 Å². The third kappa shape index (κ3) is 4.48. The van der Waals surface area contributed by atoms with Crippen molar-refractivity contribution in [2.45, 2.75) is 4.90 Å². The predicted molar refractivity (Wildman–Crippen MR) is 140 cm³/mol. The highest BCUT2D eigenvalue weighted by Gasteiger charge is 2.22. The molecule has 0 aliphatic rings. The fourth-order valence-corrected chi connectivity index (χ4v) is 5.35. The van der Waals surface area contributed by atoms with Crippen LogP contribution in [0.25, 0.3) is 33.8 Å². The number of rotatable bonds is 6. The minimum Gasteiger partial charge on any atom is -0.508 e. The van der Waals surface area contributed by atoms with Crippen LogP contribution < -0.4 is 13.5 Å². The number of para-hydroxylation sites is 1. The lowest BCUT2D eigenvalue weighted by Gasteiger charge is -2.13. The standard InChI is InChI=1S/C29H23NO5S/c1-30-23(14-12-21-6-3-4-8-26(21)30)13-10-20-11-17-27(28(18-20)34-2)35-36(32,33)29-9-5-7-22-19-24(31)15-16-25(22)29/h3-19H,1-2H3/p+1. The molecule has 5 aromatic rings. The van der Waals surface area contributed by atoms with E-state index in [4.69, 9.17) is 8.92 Å². The van der Waals surface area contributed by atoms with E-state index in [1.54, 1.807) is 36.4 Å². The number of aromatic nitrogens is 1. The molecule has 0 bridgehead atoms. The van der Waals surface area contributed by atoms with Gasteiger partial charge in [-0.15, -0.1) is 0 Å². The molecular formula is C29H24NO5S+. The third-order valence-corrected chi connectivity index (χ3v) is 7.34. The van der Waals surface area contributed by atoms with Gasteiger partial charge in [-0.05, 0) is 65.6 Å². The number of pyridine rings is 1. The van der Waals surface area contributed by atoms with Crippen molar-refractivity contribution < 1.29 is 27.0 Å². The average molecular weight is 499 g/mol. The first-order valence-electron chi connectivity index (χ1n) is 11.3. The summed E-state index contributed by atoms with van der Waals surface area (Å²) in [6.07, 6.45) is 3.92. The van der Waals surface area contributed by atoms with Crippen LogP contribution in [-0.2, 0) is 17.2 Å². The Hall–Kier alpha value is -4.36. The van der Waals surface area contributed by atoms with Crippen LogP contribution in [0.5, 0.6) is 17.2 Å². The molecule has 0 unspecified atom stereocenters. The number of hydrogen-bond acceptors (Lipinski definition) is 5. The van der Waals surface area contributed by atoms with Crippen LogP contribution in [0.15, 0.2) is 95.9 Å². The van der Waals surface area contributed by atoms with Gasteiger partial charge in [0.15, 0.2) is 11.5 Å². The summed E-state index contributed by atoms with van der Waals surface area (Å²) in [6.45, 7) is 0. The van der Waals surface area contributed by atoms with E-state index in [1.807, 2.05) is 37.4 Å². The van der Waals surface area contributed by atoms with Gasteiger partial charge >= 0.3 is 10.1 Å². The van der Waals surface area contributed by atoms with Crippen molar-refractivity contribution in [1.29, 1.82) is 0 Å². The van der Waals surface area contributed by atoms with Crippen molar-refractivity contribution in [2.24, 2.45) is 7.05 Å². The van der Waals surface area contributed by atoms with E-state index in [2.05, 4.69) is 22.8 Å². The zero-order valence-corrected chi connectivity index (χ0v) is 20.6. The number of phenols is 1. The Morgan fingerprint density at radius 2 is 1.61 bits per heavy atom. The monoisotopic (exact) mass is 498 g/mol. The van der Waals surface area contributed by atoms with Gasteiger partial charge in [0.1, 0.15) is 17.7 Å². The summed E-state index contributed by atoms with van der Waals surface area (Å²) in [4.78, 5) is 0.00910. The van der Waals surface area contributed by atoms with Gasteiger partial charge in [0.25, 0.3) is 0 Å². The van der Waals surface area contributed by atoms with E-state index in [-0.39, 0.29) is 16.4 Å². The normalized spacial score (nSPS) is 11.8. The van der Waals surface area contributed by atoms with E-state index in [0.717, 1.165) is 22.2 Å². The molecule has 1 heterocycles. The van der Waals surface area contributed by atoms with Gasteiger partial charge in [-0.1, -0.05) is 30.3 Å². The van der Waals surface area contributed by atoms with E-state index >= 15 is 0 Å². The van der Waals surface area contributed by atoms with Crippen molar-refractivity contribution in [3.05, 3.63) is 102 Å². The van der Waals surface area contributed by atoms with Crippen LogP contribution in [0.3, 0.4) is 0 Å². The summed E-state index contributed by atoms with van der Waals surface area (Å²) in [5.41, 5.74) is 2.96. The topological polar surface area (TPSA) is 76.7 Å². The number of methoxy groups -OCH3 is 1. The van der Waals surface area contributed by atoms with Crippen molar-refractivity contribution in [3.63, 3.8) is 0 Å². The molecule has 0 spiro atoms. The molecule has 6 nitrogen and oxygen atoms in total. The Labute approximate surface area is 209 Å². The molecule has 0 aliphatic heterocycles. The summed E-state index contributed by atoms with van der Waals surface area (Å²) in [6, 6.07) is 26.7. The summed E-state index contributed by atoms with van der Waals surface area (Å²) >= 11 is 0. The molecule has 0 atom stereocenters. The van der Waals surface area contributed by atoms with Crippen LogP contribution in [0, 0.1) is 0 Å². The highest BCUT2D eigenvalue weighted by molar-refractivity contribution is 7.87. The number of aromatic hydroxyl groups is 1. The van der Waals surface area contributed by atoms with Gasteiger partial charge in [-0.3, -0.25) is 0 Å². The SMILES string of the molecule is COc1cc(C=Cc2ccc3ccccc3[n+]2C)ccc1OS(=O)(=O)c1cccc2cc(O)ccc12. The minimum atomic E-state index is -4.16. The maximum atomic E-state index is 13.2. The summed E-state index contributed by atoms with van der Waals surface area (Å²) in [5.74, 6) is 0.434. The lowest BCUT2D eigenvalue weighted by atomic mass is 10.1. The molecule has 0 radical (unpaired) electrons. The number of fused-ring (bicyclic) bond motifs is 2. The number of aryl methyl sites for hydroxylation is 1. The molecule has 7 heteroatoms. The second-order valence-electron chi connectivity index (χ2n) is 8.32. The zero-order chi connectivity index (χ0) is 25.3.